The van der Waals surface area contributed by atoms with Crippen molar-refractivity contribution in [3.8, 4) is 0 Å². The van der Waals surface area contributed by atoms with E-state index in [0.717, 1.165) is 67.6 Å². The van der Waals surface area contributed by atoms with E-state index in [4.69, 9.17) is 37.3 Å². The molecule has 4 aliphatic heterocycles. The minimum Gasteiger partial charge on any atom is -0.347 e. The molecule has 0 aliphatic carbocycles. The molecule has 0 fully saturated rings. The number of halogens is 4. The molecule has 110 heavy (non-hydrogen) atoms. The summed E-state index contributed by atoms with van der Waals surface area (Å²) in [6.07, 6.45) is 16.1. The van der Waals surface area contributed by atoms with Crippen LogP contribution in [0.1, 0.15) is 83.3 Å². The lowest BCUT2D eigenvalue weighted by atomic mass is 9.70. The van der Waals surface area contributed by atoms with Gasteiger partial charge in [0.2, 0.25) is 11.4 Å². The lowest BCUT2D eigenvalue weighted by molar-refractivity contribution is -2.00. The molecular formula is C88H76Br2Cl2N6O12. The Balaban J connectivity index is 0.00000100. The van der Waals surface area contributed by atoms with Crippen LogP contribution in [0.3, 0.4) is 0 Å². The molecule has 18 nitrogen and oxygen atoms in total. The van der Waals surface area contributed by atoms with Gasteiger partial charge < -0.3 is 9.80 Å². The average Bonchev–Trinajstić information content (AvgIpc) is 1.59. The van der Waals surface area contributed by atoms with Crippen molar-refractivity contribution in [2.75, 3.05) is 23.9 Å². The lowest BCUT2D eigenvalue weighted by Crippen LogP contribution is -2.68. The van der Waals surface area contributed by atoms with E-state index in [9.17, 15) is 20.2 Å². The highest BCUT2D eigenvalue weighted by molar-refractivity contribution is 9.11. The number of nitro groups is 2. The second-order valence-corrected chi connectivity index (χ2v) is 32.3. The van der Waals surface area contributed by atoms with E-state index in [1.165, 1.54) is 55.2 Å². The largest absolute Gasteiger partial charge is 0.347 e. The maximum Gasteiger partial charge on any atom is 0.283 e. The zero-order chi connectivity index (χ0) is 78.2. The summed E-state index contributed by atoms with van der Waals surface area (Å²) in [5.74, 6) is 0. The zero-order valence-corrected chi connectivity index (χ0v) is 65.6. The van der Waals surface area contributed by atoms with Crippen LogP contribution in [-0.2, 0) is 60.4 Å². The second-order valence-electron chi connectivity index (χ2n) is 29.0. The summed E-state index contributed by atoms with van der Waals surface area (Å²) in [7, 11) is -5.70. The van der Waals surface area contributed by atoms with Gasteiger partial charge in [0, 0.05) is 106 Å². The number of nitro benzene ring substituents is 2. The van der Waals surface area contributed by atoms with Crippen molar-refractivity contribution in [1.82, 2.24) is 0 Å². The number of rotatable bonds is 18. The molecule has 0 spiro atoms. The molecule has 0 bridgehead atoms. The van der Waals surface area contributed by atoms with Crippen LogP contribution >= 0.6 is 31.9 Å². The Hall–Kier alpha value is -10.1. The van der Waals surface area contributed by atoms with Crippen LogP contribution in [0.4, 0.5) is 34.1 Å². The van der Waals surface area contributed by atoms with E-state index in [-0.39, 0.29) is 21.2 Å². The lowest BCUT2D eigenvalue weighted by Gasteiger charge is -2.33. The monoisotopic (exact) mass is 1640 g/mol. The molecule has 0 aromatic heterocycles. The van der Waals surface area contributed by atoms with E-state index in [1.807, 2.05) is 36.4 Å². The molecule has 11 aromatic rings. The number of allylic oxidation sites excluding steroid dienone is 8. The summed E-state index contributed by atoms with van der Waals surface area (Å²) in [6, 6.07) is 85.2. The first-order valence-corrected chi connectivity index (χ1v) is 39.4. The molecule has 0 saturated carbocycles. The fraction of sp³-hybridized carbons (Fsp3) is 0.182. The van der Waals surface area contributed by atoms with Crippen LogP contribution in [0.25, 0.3) is 21.5 Å². The van der Waals surface area contributed by atoms with Gasteiger partial charge in [-0.15, -0.1) is 20.5 Å². The third-order valence-electron chi connectivity index (χ3n) is 21.6. The van der Waals surface area contributed by atoms with Gasteiger partial charge >= 0.3 is 0 Å². The zero-order valence-electron chi connectivity index (χ0n) is 60.9. The normalized spacial score (nSPS) is 16.5. The number of likely N-dealkylation sites (N-methyl/N-ethyl adjacent to an activating group) is 2. The highest BCUT2D eigenvalue weighted by atomic mass is 79.9. The van der Waals surface area contributed by atoms with Gasteiger partial charge in [0.25, 0.3) is 11.4 Å². The van der Waals surface area contributed by atoms with Crippen molar-refractivity contribution in [1.29, 1.82) is 0 Å². The Bertz CT molecular complexity index is 5130. The molecule has 11 aromatic carbocycles. The van der Waals surface area contributed by atoms with Crippen molar-refractivity contribution < 1.29 is 76.8 Å². The first-order valence-electron chi connectivity index (χ1n) is 35.4. The minimum atomic E-state index is -4.94. The quantitative estimate of drug-likeness (QED) is 0.0439. The number of anilines is 2. The highest BCUT2D eigenvalue weighted by Crippen LogP contribution is 2.56. The SMILES string of the molecule is CN1/C(=C/C=C/C2=[N+](Cc3ccc(C[N+]4=C(/C=C/C=C5/N(C)c6cc(Br)c([N+](=O)[O-])cc6C5(Cc5ccccc5)Cc5ccccc5)C(C)(C)c5c4ccc4ccccc54)cc3)c3ccc4ccccc4c3C2(C)C)C(Cc2ccccc2)(Cc2ccccc2)c2cc([N+](=O)[O-])c(Br)cc21.[O-][Cl+3]([O-])([O-])[O-].[O-][Cl+3]([O-])([O-])[O-]. The predicted octanol–water partition coefficient (Wildman–Crippen LogP) is 11.6. The molecule has 22 heteroatoms. The number of hydrogen-bond acceptors (Lipinski definition) is 14. The summed E-state index contributed by atoms with van der Waals surface area (Å²) in [5, 5.41) is 30.4. The summed E-state index contributed by atoms with van der Waals surface area (Å²) in [4.78, 5) is 29.4. The minimum absolute atomic E-state index is 0.0457. The number of hydrogen-bond donors (Lipinski definition) is 0. The van der Waals surface area contributed by atoms with Crippen LogP contribution in [-0.4, -0.2) is 44.5 Å². The number of benzene rings is 11. The summed E-state index contributed by atoms with van der Waals surface area (Å²) in [6.45, 7) is 10.6. The standard InChI is InChI=1S/C88H76Br2N6O4.2ClHO4/c1-85(2)79(37-23-39-81-87(53-59-25-11-7-12-26-59,54-60-27-13-8-14-28-60)69-49-77(95(97)98)71(89)51-75(69)91(81)5)93(73-47-45-65-33-19-21-35-67(65)83(73)85)57-63-41-43-64(44-42-63)58-94-74-48-46-66-34-20-22-36-68(66)84(74)86(3,4)80(94)38-24-40-82-88(55-61-29-15-9-16-30-61,56-62-31-17-10-18-32-62)70-50-78(96(99)100)72(90)52-76(70)92(82)6;2*2-1(3,4)5/h7-52H,53-58H2,1-6H3;2*(H,2,3,4,5)/q+2;;/p-2. The van der Waals surface area contributed by atoms with Crippen molar-refractivity contribution in [3.63, 3.8) is 0 Å². The fourth-order valence-corrected chi connectivity index (χ4v) is 18.0. The van der Waals surface area contributed by atoms with E-state index in [1.54, 1.807) is 12.1 Å². The summed E-state index contributed by atoms with van der Waals surface area (Å²) >= 11 is 7.20. The van der Waals surface area contributed by atoms with Crippen molar-refractivity contribution >= 4 is 99.0 Å². The van der Waals surface area contributed by atoms with Gasteiger partial charge in [-0.25, -0.2) is 37.3 Å². The molecule has 0 saturated heterocycles. The van der Waals surface area contributed by atoms with Crippen LogP contribution < -0.4 is 47.1 Å². The van der Waals surface area contributed by atoms with Gasteiger partial charge in [-0.1, -0.05) is 206 Å². The van der Waals surface area contributed by atoms with Crippen LogP contribution in [0, 0.1) is 40.7 Å². The molecular weight excluding hydrogens is 1560 g/mol. The summed E-state index contributed by atoms with van der Waals surface area (Å²) < 4.78 is 73.8. The predicted molar refractivity (Wildman–Crippen MR) is 414 cm³/mol. The molecule has 0 unspecified atom stereocenters. The Morgan fingerprint density at radius 2 is 0.691 bits per heavy atom. The molecule has 0 N–H and O–H groups in total. The topological polar surface area (TPSA) is 283 Å². The molecule has 4 heterocycles. The molecule has 558 valence electrons. The van der Waals surface area contributed by atoms with Crippen LogP contribution in [0.2, 0.25) is 0 Å². The fourth-order valence-electron chi connectivity index (χ4n) is 17.1. The van der Waals surface area contributed by atoms with Crippen molar-refractivity contribution in [2.24, 2.45) is 0 Å². The van der Waals surface area contributed by atoms with E-state index < -0.39 is 42.1 Å². The molecule has 15 rings (SSSR count). The van der Waals surface area contributed by atoms with E-state index in [2.05, 4.69) is 323 Å². The van der Waals surface area contributed by atoms with Crippen molar-refractivity contribution in [3.05, 3.63) is 375 Å². The maximum atomic E-state index is 12.8. The number of fused-ring (bicyclic) bond motifs is 8. The molecule has 0 atom stereocenters. The Morgan fingerprint density at radius 1 is 0.400 bits per heavy atom. The van der Waals surface area contributed by atoms with Gasteiger partial charge in [-0.05, 0) is 177 Å². The number of nitrogens with zero attached hydrogens (tertiary/aromatic N) is 6. The Labute approximate surface area is 658 Å². The van der Waals surface area contributed by atoms with Gasteiger partial charge in [0.1, 0.15) is 0 Å². The molecule has 0 amide bonds. The van der Waals surface area contributed by atoms with Gasteiger partial charge in [0.15, 0.2) is 24.5 Å². The first-order chi connectivity index (χ1) is 52.3. The first kappa shape index (κ1) is 78.0. The maximum absolute atomic E-state index is 12.8. The van der Waals surface area contributed by atoms with Crippen LogP contribution in [0.15, 0.2) is 299 Å². The Morgan fingerprint density at radius 3 is 0.991 bits per heavy atom. The third kappa shape index (κ3) is 16.0. The van der Waals surface area contributed by atoms with Gasteiger partial charge in [0.05, 0.1) is 29.6 Å². The third-order valence-corrected chi connectivity index (χ3v) is 22.9. The smallest absolute Gasteiger partial charge is 0.283 e. The van der Waals surface area contributed by atoms with Crippen molar-refractivity contribution in [2.45, 2.75) is 88.1 Å². The van der Waals surface area contributed by atoms with Crippen LogP contribution in [0.5, 0.6) is 0 Å². The van der Waals surface area contributed by atoms with Gasteiger partial charge in [-0.2, -0.15) is 9.15 Å². The highest BCUT2D eigenvalue weighted by Gasteiger charge is 2.51. The van der Waals surface area contributed by atoms with Gasteiger partial charge in [-0.3, -0.25) is 20.2 Å². The summed E-state index contributed by atoms with van der Waals surface area (Å²) in [5.41, 5.74) is 17.9. The molecule has 4 aliphatic rings. The average molecular weight is 1640 g/mol. The van der Waals surface area contributed by atoms with E-state index in [0.29, 0.717) is 47.7 Å². The van der Waals surface area contributed by atoms with E-state index >= 15 is 0 Å². The Kier molecular flexibility index (Phi) is 22.2. The molecule has 0 radical (unpaired) electrons. The second kappa shape index (κ2) is 31.3.